The van der Waals surface area contributed by atoms with E-state index in [0.29, 0.717) is 24.9 Å². The Bertz CT molecular complexity index is 568. The molecule has 2 saturated heterocycles. The van der Waals surface area contributed by atoms with Gasteiger partial charge in [0.2, 0.25) is 5.91 Å². The van der Waals surface area contributed by atoms with E-state index in [0.717, 1.165) is 56.4 Å². The van der Waals surface area contributed by atoms with Crippen LogP contribution in [0, 0.1) is 0 Å². The van der Waals surface area contributed by atoms with E-state index in [9.17, 15) is 9.59 Å². The molecule has 132 valence electrons. The van der Waals surface area contributed by atoms with Crippen molar-refractivity contribution >= 4 is 24.2 Å². The summed E-state index contributed by atoms with van der Waals surface area (Å²) in [7, 11) is 0. The lowest BCUT2D eigenvalue weighted by atomic mass is 9.99. The summed E-state index contributed by atoms with van der Waals surface area (Å²) < 4.78 is 0. The Kier molecular flexibility index (Phi) is 6.63. The van der Waals surface area contributed by atoms with E-state index in [2.05, 4.69) is 0 Å². The van der Waals surface area contributed by atoms with Gasteiger partial charge < -0.3 is 15.5 Å². The molecule has 0 aliphatic carbocycles. The van der Waals surface area contributed by atoms with E-state index in [-0.39, 0.29) is 18.3 Å². The highest BCUT2D eigenvalue weighted by atomic mass is 35.5. The Balaban J connectivity index is 0.00000208. The Morgan fingerprint density at radius 1 is 1.08 bits per heavy atom. The SMILES string of the molecule is Cl.NCc1ccc(C(=O)N2CCC(N3CCCCC3=O)CC2)cc1. The minimum Gasteiger partial charge on any atom is -0.340 e. The third-order valence-corrected chi connectivity index (χ3v) is 4.99. The van der Waals surface area contributed by atoms with Gasteiger partial charge in [0, 0.05) is 44.2 Å². The molecule has 0 radical (unpaired) electrons. The molecular weight excluding hydrogens is 326 g/mol. The molecule has 1 aromatic rings. The third kappa shape index (κ3) is 4.08. The van der Waals surface area contributed by atoms with Crippen LogP contribution in [-0.4, -0.2) is 47.3 Å². The van der Waals surface area contributed by atoms with Crippen LogP contribution in [0.5, 0.6) is 0 Å². The minimum absolute atomic E-state index is 0. The van der Waals surface area contributed by atoms with Gasteiger partial charge in [-0.15, -0.1) is 12.4 Å². The fourth-order valence-electron chi connectivity index (χ4n) is 3.56. The van der Waals surface area contributed by atoms with Gasteiger partial charge in [0.25, 0.3) is 5.91 Å². The van der Waals surface area contributed by atoms with Crippen molar-refractivity contribution in [3.05, 3.63) is 35.4 Å². The zero-order chi connectivity index (χ0) is 16.2. The molecule has 2 heterocycles. The van der Waals surface area contributed by atoms with Crippen LogP contribution in [0.1, 0.15) is 48.0 Å². The van der Waals surface area contributed by atoms with Gasteiger partial charge in [-0.05, 0) is 43.4 Å². The topological polar surface area (TPSA) is 66.6 Å². The van der Waals surface area contributed by atoms with Crippen molar-refractivity contribution in [1.82, 2.24) is 9.80 Å². The van der Waals surface area contributed by atoms with Crippen molar-refractivity contribution in [3.8, 4) is 0 Å². The maximum Gasteiger partial charge on any atom is 0.253 e. The predicted molar refractivity (Wildman–Crippen MR) is 96.1 cm³/mol. The molecule has 2 N–H and O–H groups in total. The fraction of sp³-hybridized carbons (Fsp3) is 0.556. The van der Waals surface area contributed by atoms with Gasteiger partial charge in [-0.1, -0.05) is 12.1 Å². The van der Waals surface area contributed by atoms with Gasteiger partial charge in [0.1, 0.15) is 0 Å². The average molecular weight is 352 g/mol. The van der Waals surface area contributed by atoms with Crippen LogP contribution >= 0.6 is 12.4 Å². The molecule has 0 atom stereocenters. The lowest BCUT2D eigenvalue weighted by molar-refractivity contribution is -0.136. The highest BCUT2D eigenvalue weighted by molar-refractivity contribution is 5.94. The zero-order valence-electron chi connectivity index (χ0n) is 13.9. The normalized spacial score (nSPS) is 19.1. The second-order valence-electron chi connectivity index (χ2n) is 6.47. The average Bonchev–Trinajstić information content (AvgIpc) is 2.62. The van der Waals surface area contributed by atoms with E-state index < -0.39 is 0 Å². The molecule has 5 nitrogen and oxygen atoms in total. The van der Waals surface area contributed by atoms with Crippen molar-refractivity contribution in [2.24, 2.45) is 5.73 Å². The number of hydrogen-bond acceptors (Lipinski definition) is 3. The van der Waals surface area contributed by atoms with Crippen LogP contribution in [0.2, 0.25) is 0 Å². The van der Waals surface area contributed by atoms with Crippen LogP contribution in [0.3, 0.4) is 0 Å². The predicted octanol–water partition coefficient (Wildman–Crippen LogP) is 2.18. The van der Waals surface area contributed by atoms with E-state index in [1.165, 1.54) is 0 Å². The Labute approximate surface area is 149 Å². The molecule has 1 aromatic carbocycles. The van der Waals surface area contributed by atoms with Crippen LogP contribution in [0.4, 0.5) is 0 Å². The summed E-state index contributed by atoms with van der Waals surface area (Å²) >= 11 is 0. The van der Waals surface area contributed by atoms with Crippen molar-refractivity contribution < 1.29 is 9.59 Å². The van der Waals surface area contributed by atoms with Crippen LogP contribution < -0.4 is 5.73 Å². The number of likely N-dealkylation sites (tertiary alicyclic amines) is 2. The fourth-order valence-corrected chi connectivity index (χ4v) is 3.56. The number of carbonyl (C=O) groups excluding carboxylic acids is 2. The largest absolute Gasteiger partial charge is 0.340 e. The smallest absolute Gasteiger partial charge is 0.253 e. The van der Waals surface area contributed by atoms with Crippen molar-refractivity contribution in [1.29, 1.82) is 0 Å². The van der Waals surface area contributed by atoms with E-state index >= 15 is 0 Å². The molecule has 0 saturated carbocycles. The highest BCUT2D eigenvalue weighted by Gasteiger charge is 2.30. The number of piperidine rings is 2. The monoisotopic (exact) mass is 351 g/mol. The number of nitrogens with zero attached hydrogens (tertiary/aromatic N) is 2. The first-order valence-corrected chi connectivity index (χ1v) is 8.57. The second kappa shape index (κ2) is 8.49. The molecule has 2 amide bonds. The van der Waals surface area contributed by atoms with Gasteiger partial charge >= 0.3 is 0 Å². The zero-order valence-corrected chi connectivity index (χ0v) is 14.8. The molecule has 2 aliphatic heterocycles. The molecule has 0 unspecified atom stereocenters. The van der Waals surface area contributed by atoms with Crippen LogP contribution in [0.25, 0.3) is 0 Å². The lowest BCUT2D eigenvalue weighted by Crippen LogP contribution is -2.50. The van der Waals surface area contributed by atoms with Gasteiger partial charge in [-0.25, -0.2) is 0 Å². The van der Waals surface area contributed by atoms with E-state index in [4.69, 9.17) is 5.73 Å². The first kappa shape index (κ1) is 18.7. The number of halogens is 1. The summed E-state index contributed by atoms with van der Waals surface area (Å²) in [4.78, 5) is 28.5. The van der Waals surface area contributed by atoms with Crippen molar-refractivity contribution in [3.63, 3.8) is 0 Å². The summed E-state index contributed by atoms with van der Waals surface area (Å²) in [5.74, 6) is 0.371. The molecule has 0 spiro atoms. The Morgan fingerprint density at radius 2 is 1.75 bits per heavy atom. The number of carbonyl (C=O) groups is 2. The molecule has 24 heavy (non-hydrogen) atoms. The molecule has 6 heteroatoms. The van der Waals surface area contributed by atoms with Gasteiger partial charge in [-0.3, -0.25) is 9.59 Å². The summed E-state index contributed by atoms with van der Waals surface area (Å²) in [6.07, 6.45) is 4.59. The van der Waals surface area contributed by atoms with Gasteiger partial charge in [0.15, 0.2) is 0 Å². The molecule has 0 aromatic heterocycles. The summed E-state index contributed by atoms with van der Waals surface area (Å²) in [6.45, 7) is 2.83. The van der Waals surface area contributed by atoms with E-state index in [1.54, 1.807) is 0 Å². The molecular formula is C18H26ClN3O2. The van der Waals surface area contributed by atoms with Crippen LogP contribution in [-0.2, 0) is 11.3 Å². The number of rotatable bonds is 3. The second-order valence-corrected chi connectivity index (χ2v) is 6.47. The quantitative estimate of drug-likeness (QED) is 0.907. The molecule has 2 aliphatic rings. The maximum atomic E-state index is 12.6. The minimum atomic E-state index is 0. The number of amides is 2. The lowest BCUT2D eigenvalue weighted by Gasteiger charge is -2.40. The summed E-state index contributed by atoms with van der Waals surface area (Å²) in [6, 6.07) is 7.83. The van der Waals surface area contributed by atoms with E-state index in [1.807, 2.05) is 34.1 Å². The molecule has 2 fully saturated rings. The summed E-state index contributed by atoms with van der Waals surface area (Å²) in [5, 5.41) is 0. The Morgan fingerprint density at radius 3 is 2.33 bits per heavy atom. The number of benzene rings is 1. The van der Waals surface area contributed by atoms with Crippen molar-refractivity contribution in [2.75, 3.05) is 19.6 Å². The van der Waals surface area contributed by atoms with Crippen molar-refractivity contribution in [2.45, 2.75) is 44.7 Å². The molecule has 3 rings (SSSR count). The van der Waals surface area contributed by atoms with Gasteiger partial charge in [0.05, 0.1) is 0 Å². The standard InChI is InChI=1S/C18H25N3O2.ClH/c19-13-14-4-6-15(7-5-14)18(23)20-11-8-16(9-12-20)21-10-2-1-3-17(21)22;/h4-7,16H,1-3,8-13,19H2;1H. The highest BCUT2D eigenvalue weighted by Crippen LogP contribution is 2.22. The first-order chi connectivity index (χ1) is 11.2. The van der Waals surface area contributed by atoms with Crippen LogP contribution in [0.15, 0.2) is 24.3 Å². The summed E-state index contributed by atoms with van der Waals surface area (Å²) in [5.41, 5.74) is 7.34. The maximum absolute atomic E-state index is 12.6. The number of nitrogens with two attached hydrogens (primary N) is 1. The number of hydrogen-bond donors (Lipinski definition) is 1. The van der Waals surface area contributed by atoms with Gasteiger partial charge in [-0.2, -0.15) is 0 Å². The molecule has 0 bridgehead atoms. The third-order valence-electron chi connectivity index (χ3n) is 4.99. The Hall–Kier alpha value is -1.59. The first-order valence-electron chi connectivity index (χ1n) is 8.57.